The van der Waals surface area contributed by atoms with E-state index in [1.54, 1.807) is 36.1 Å². The summed E-state index contributed by atoms with van der Waals surface area (Å²) in [7, 11) is -3.24. The minimum Gasteiger partial charge on any atom is -0.343 e. The summed E-state index contributed by atoms with van der Waals surface area (Å²) in [5.41, 5.74) is 0. The van der Waals surface area contributed by atoms with Crippen LogP contribution in [0.3, 0.4) is 0 Å². The molecule has 0 aromatic heterocycles. The fraction of sp³-hybridized carbons (Fsp3) is 0.500. The summed E-state index contributed by atoms with van der Waals surface area (Å²) in [5.74, 6) is 0.374. The summed E-state index contributed by atoms with van der Waals surface area (Å²) >= 11 is 3.30. The summed E-state index contributed by atoms with van der Waals surface area (Å²) in [5, 5.41) is 0. The van der Waals surface area contributed by atoms with Crippen LogP contribution < -0.4 is 0 Å². The molecule has 1 aromatic rings. The molecule has 0 bridgehead atoms. The van der Waals surface area contributed by atoms with Crippen molar-refractivity contribution in [3.05, 3.63) is 28.7 Å². The fourth-order valence-electron chi connectivity index (χ4n) is 2.46. The highest BCUT2D eigenvalue weighted by Gasteiger charge is 2.26. The lowest BCUT2D eigenvalue weighted by molar-refractivity contribution is -0.130. The van der Waals surface area contributed by atoms with E-state index in [9.17, 15) is 13.2 Å². The lowest BCUT2D eigenvalue weighted by Crippen LogP contribution is -2.38. The molecule has 1 fully saturated rings. The SMILES string of the molecule is CC(=O)N1CCC(CS(=O)(=O)c2ccc(Br)cc2)CC1. The molecule has 1 aromatic carbocycles. The lowest BCUT2D eigenvalue weighted by Gasteiger charge is -2.31. The van der Waals surface area contributed by atoms with Gasteiger partial charge in [0, 0.05) is 24.5 Å². The van der Waals surface area contributed by atoms with Crippen LogP contribution in [0.1, 0.15) is 19.8 Å². The smallest absolute Gasteiger partial charge is 0.219 e. The molecule has 0 saturated carbocycles. The van der Waals surface area contributed by atoms with Crippen LogP contribution in [0.15, 0.2) is 33.6 Å². The summed E-state index contributed by atoms with van der Waals surface area (Å²) in [6, 6.07) is 6.74. The highest BCUT2D eigenvalue weighted by Crippen LogP contribution is 2.23. The van der Waals surface area contributed by atoms with Crippen molar-refractivity contribution in [3.63, 3.8) is 0 Å². The highest BCUT2D eigenvalue weighted by atomic mass is 79.9. The van der Waals surface area contributed by atoms with Gasteiger partial charge in [0.2, 0.25) is 5.91 Å². The maximum atomic E-state index is 12.3. The summed E-state index contributed by atoms with van der Waals surface area (Å²) < 4.78 is 25.5. The zero-order valence-electron chi connectivity index (χ0n) is 11.4. The molecule has 1 aliphatic heterocycles. The van der Waals surface area contributed by atoms with Gasteiger partial charge in [0.1, 0.15) is 0 Å². The van der Waals surface area contributed by atoms with Gasteiger partial charge in [0.15, 0.2) is 9.84 Å². The molecule has 1 aliphatic rings. The zero-order chi connectivity index (χ0) is 14.8. The highest BCUT2D eigenvalue weighted by molar-refractivity contribution is 9.10. The number of benzene rings is 1. The average molecular weight is 360 g/mol. The number of carbonyl (C=O) groups is 1. The van der Waals surface area contributed by atoms with Gasteiger partial charge in [0.25, 0.3) is 0 Å². The van der Waals surface area contributed by atoms with E-state index in [-0.39, 0.29) is 17.6 Å². The van der Waals surface area contributed by atoms with E-state index in [0.29, 0.717) is 18.0 Å². The lowest BCUT2D eigenvalue weighted by atomic mass is 9.99. The standard InChI is InChI=1S/C14H18BrNO3S/c1-11(17)16-8-6-12(7-9-16)10-20(18,19)14-4-2-13(15)3-5-14/h2-5,12H,6-10H2,1H3. The van der Waals surface area contributed by atoms with Gasteiger partial charge < -0.3 is 4.90 Å². The number of hydrogen-bond donors (Lipinski definition) is 0. The molecule has 1 heterocycles. The van der Waals surface area contributed by atoms with Crippen molar-refractivity contribution in [1.29, 1.82) is 0 Å². The number of sulfone groups is 1. The Kier molecular flexibility index (Phi) is 4.86. The van der Waals surface area contributed by atoms with Crippen molar-refractivity contribution in [2.45, 2.75) is 24.7 Å². The largest absolute Gasteiger partial charge is 0.343 e. The number of hydrogen-bond acceptors (Lipinski definition) is 3. The van der Waals surface area contributed by atoms with Gasteiger partial charge in [-0.05, 0) is 43.0 Å². The first-order valence-corrected chi connectivity index (χ1v) is 9.07. The molecule has 20 heavy (non-hydrogen) atoms. The van der Waals surface area contributed by atoms with Gasteiger partial charge in [0.05, 0.1) is 10.6 Å². The zero-order valence-corrected chi connectivity index (χ0v) is 13.8. The molecule has 0 aliphatic carbocycles. The third-order valence-electron chi connectivity index (χ3n) is 3.69. The van der Waals surface area contributed by atoms with Gasteiger partial charge in [-0.3, -0.25) is 4.79 Å². The number of nitrogens with zero attached hydrogens (tertiary/aromatic N) is 1. The van der Waals surface area contributed by atoms with Crippen LogP contribution in [0.25, 0.3) is 0 Å². The normalized spacial score (nSPS) is 17.2. The van der Waals surface area contributed by atoms with Crippen molar-refractivity contribution < 1.29 is 13.2 Å². The molecule has 1 amide bonds. The molecule has 6 heteroatoms. The van der Waals surface area contributed by atoms with Crippen LogP contribution in [-0.4, -0.2) is 38.1 Å². The molecule has 110 valence electrons. The quantitative estimate of drug-likeness (QED) is 0.832. The van der Waals surface area contributed by atoms with Crippen LogP contribution in [0.5, 0.6) is 0 Å². The molecule has 0 unspecified atom stereocenters. The minimum atomic E-state index is -3.24. The number of piperidine rings is 1. The summed E-state index contributed by atoms with van der Waals surface area (Å²) in [6.45, 7) is 2.88. The van der Waals surface area contributed by atoms with Gasteiger partial charge in [-0.1, -0.05) is 15.9 Å². The van der Waals surface area contributed by atoms with Crippen molar-refractivity contribution in [3.8, 4) is 0 Å². The average Bonchev–Trinajstić information content (AvgIpc) is 2.39. The van der Waals surface area contributed by atoms with E-state index >= 15 is 0 Å². The van der Waals surface area contributed by atoms with E-state index in [0.717, 1.165) is 17.3 Å². The second-order valence-electron chi connectivity index (χ2n) is 5.18. The number of carbonyl (C=O) groups excluding carboxylic acids is 1. The maximum absolute atomic E-state index is 12.3. The third-order valence-corrected chi connectivity index (χ3v) is 6.12. The topological polar surface area (TPSA) is 54.5 Å². The Morgan fingerprint density at radius 1 is 1.25 bits per heavy atom. The van der Waals surface area contributed by atoms with Gasteiger partial charge >= 0.3 is 0 Å². The van der Waals surface area contributed by atoms with Crippen molar-refractivity contribution in [2.24, 2.45) is 5.92 Å². The Morgan fingerprint density at radius 2 is 1.80 bits per heavy atom. The molecule has 0 atom stereocenters. The molecular formula is C14H18BrNO3S. The Labute approximate surface area is 128 Å². The van der Waals surface area contributed by atoms with Crippen LogP contribution >= 0.6 is 15.9 Å². The molecule has 0 spiro atoms. The third kappa shape index (κ3) is 3.82. The van der Waals surface area contributed by atoms with Crippen LogP contribution in [0.2, 0.25) is 0 Å². The first-order chi connectivity index (χ1) is 9.38. The van der Waals surface area contributed by atoms with E-state index in [1.165, 1.54) is 0 Å². The second-order valence-corrected chi connectivity index (χ2v) is 8.13. The molecule has 0 radical (unpaired) electrons. The van der Waals surface area contributed by atoms with Crippen molar-refractivity contribution in [2.75, 3.05) is 18.8 Å². The number of rotatable bonds is 3. The van der Waals surface area contributed by atoms with Crippen LogP contribution in [0, 0.1) is 5.92 Å². The monoisotopic (exact) mass is 359 g/mol. The van der Waals surface area contributed by atoms with Crippen LogP contribution in [0.4, 0.5) is 0 Å². The van der Waals surface area contributed by atoms with E-state index in [4.69, 9.17) is 0 Å². The molecule has 2 rings (SSSR count). The first-order valence-electron chi connectivity index (χ1n) is 6.62. The fourth-order valence-corrected chi connectivity index (χ4v) is 4.42. The molecule has 4 nitrogen and oxygen atoms in total. The predicted octanol–water partition coefficient (Wildman–Crippen LogP) is 2.48. The van der Waals surface area contributed by atoms with Gasteiger partial charge in [-0.2, -0.15) is 0 Å². The second kappa shape index (κ2) is 6.26. The Bertz CT molecular complexity index is 575. The number of likely N-dealkylation sites (tertiary alicyclic amines) is 1. The Morgan fingerprint density at radius 3 is 2.30 bits per heavy atom. The van der Waals surface area contributed by atoms with E-state index in [2.05, 4.69) is 15.9 Å². The van der Waals surface area contributed by atoms with Crippen LogP contribution in [-0.2, 0) is 14.6 Å². The van der Waals surface area contributed by atoms with Gasteiger partial charge in [-0.25, -0.2) is 8.42 Å². The summed E-state index contributed by atoms with van der Waals surface area (Å²) in [6.07, 6.45) is 1.52. The maximum Gasteiger partial charge on any atom is 0.219 e. The van der Waals surface area contributed by atoms with Crippen molar-refractivity contribution in [1.82, 2.24) is 4.90 Å². The van der Waals surface area contributed by atoms with Gasteiger partial charge in [-0.15, -0.1) is 0 Å². The van der Waals surface area contributed by atoms with E-state index < -0.39 is 9.84 Å². The predicted molar refractivity (Wildman–Crippen MR) is 81.2 cm³/mol. The number of halogens is 1. The summed E-state index contributed by atoms with van der Waals surface area (Å²) in [4.78, 5) is 13.4. The molecule has 0 N–H and O–H groups in total. The Balaban J connectivity index is 2.00. The van der Waals surface area contributed by atoms with Crippen molar-refractivity contribution >= 4 is 31.7 Å². The molecule has 1 saturated heterocycles. The first kappa shape index (κ1) is 15.5. The van der Waals surface area contributed by atoms with E-state index in [1.807, 2.05) is 0 Å². The number of amides is 1. The Hall–Kier alpha value is -0.880. The molecular weight excluding hydrogens is 342 g/mol. The minimum absolute atomic E-state index is 0.0687.